The fourth-order valence-corrected chi connectivity index (χ4v) is 2.84. The molecule has 0 atom stereocenters. The number of piperidine rings is 1. The van der Waals surface area contributed by atoms with Gasteiger partial charge in [0.1, 0.15) is 17.5 Å². The number of aromatic nitrogens is 2. The van der Waals surface area contributed by atoms with Crippen molar-refractivity contribution >= 4 is 11.6 Å². The van der Waals surface area contributed by atoms with Crippen LogP contribution in [0.25, 0.3) is 0 Å². The number of nitrogens with zero attached hydrogens (tertiary/aromatic N) is 3. The van der Waals surface area contributed by atoms with Crippen LogP contribution in [0.4, 0.5) is 11.6 Å². The molecule has 0 spiro atoms. The molecule has 2 heterocycles. The summed E-state index contributed by atoms with van der Waals surface area (Å²) >= 11 is 0. The quantitative estimate of drug-likeness (QED) is 0.913. The number of nitrogens with two attached hydrogens (primary N) is 1. The Morgan fingerprint density at radius 3 is 2.50 bits per heavy atom. The zero-order valence-electron chi connectivity index (χ0n) is 12.4. The van der Waals surface area contributed by atoms with Gasteiger partial charge in [0, 0.05) is 31.2 Å². The molecule has 3 rings (SSSR count). The van der Waals surface area contributed by atoms with Gasteiger partial charge in [-0.25, -0.2) is 9.97 Å². The summed E-state index contributed by atoms with van der Waals surface area (Å²) in [6.45, 7) is 6.87. The molecule has 0 amide bonds. The number of hydrogen-bond acceptors (Lipinski definition) is 5. The average Bonchev–Trinajstić information content (AvgIpc) is 3.28. The minimum Gasteiger partial charge on any atom is -0.383 e. The molecular weight excluding hydrogens is 252 g/mol. The Kier molecular flexibility index (Phi) is 3.78. The smallest absolute Gasteiger partial charge is 0.137 e. The largest absolute Gasteiger partial charge is 0.383 e. The van der Waals surface area contributed by atoms with Gasteiger partial charge in [0.05, 0.1) is 6.10 Å². The predicted molar refractivity (Wildman–Crippen MR) is 80.0 cm³/mol. The van der Waals surface area contributed by atoms with Crippen LogP contribution in [0.2, 0.25) is 0 Å². The van der Waals surface area contributed by atoms with Crippen molar-refractivity contribution in [1.29, 1.82) is 0 Å². The van der Waals surface area contributed by atoms with Gasteiger partial charge in [-0.05, 0) is 39.5 Å². The summed E-state index contributed by atoms with van der Waals surface area (Å²) in [4.78, 5) is 11.6. The Balaban J connectivity index is 1.76. The van der Waals surface area contributed by atoms with Crippen molar-refractivity contribution in [3.05, 3.63) is 11.4 Å². The molecule has 1 aromatic rings. The van der Waals surface area contributed by atoms with E-state index in [0.717, 1.165) is 49.7 Å². The molecule has 2 fully saturated rings. The molecule has 1 aliphatic heterocycles. The van der Waals surface area contributed by atoms with Crippen LogP contribution in [-0.4, -0.2) is 35.8 Å². The Labute approximate surface area is 120 Å². The molecule has 5 heteroatoms. The molecule has 1 aromatic heterocycles. The van der Waals surface area contributed by atoms with Gasteiger partial charge in [0.15, 0.2) is 0 Å². The maximum absolute atomic E-state index is 6.07. The van der Waals surface area contributed by atoms with E-state index < -0.39 is 0 Å². The highest BCUT2D eigenvalue weighted by molar-refractivity contribution is 5.57. The average molecular weight is 276 g/mol. The van der Waals surface area contributed by atoms with Gasteiger partial charge in [0.2, 0.25) is 0 Å². The summed E-state index contributed by atoms with van der Waals surface area (Å²) in [6, 6.07) is 0. The van der Waals surface area contributed by atoms with E-state index in [1.807, 2.05) is 6.92 Å². The highest BCUT2D eigenvalue weighted by Crippen LogP contribution is 2.39. The third-order valence-electron chi connectivity index (χ3n) is 4.26. The Hall–Kier alpha value is -1.36. The van der Waals surface area contributed by atoms with E-state index in [1.54, 1.807) is 0 Å². The van der Waals surface area contributed by atoms with E-state index in [-0.39, 0.29) is 0 Å². The van der Waals surface area contributed by atoms with Crippen LogP contribution in [0.3, 0.4) is 0 Å². The van der Waals surface area contributed by atoms with Crippen molar-refractivity contribution in [2.45, 2.75) is 51.6 Å². The summed E-state index contributed by atoms with van der Waals surface area (Å²) < 4.78 is 5.71. The second-order valence-corrected chi connectivity index (χ2v) is 5.83. The molecule has 110 valence electrons. The second-order valence-electron chi connectivity index (χ2n) is 5.83. The van der Waals surface area contributed by atoms with Crippen molar-refractivity contribution in [3.63, 3.8) is 0 Å². The van der Waals surface area contributed by atoms with Gasteiger partial charge in [-0.3, -0.25) is 0 Å². The Bertz CT molecular complexity index is 479. The molecule has 20 heavy (non-hydrogen) atoms. The van der Waals surface area contributed by atoms with Gasteiger partial charge in [-0.1, -0.05) is 0 Å². The van der Waals surface area contributed by atoms with Gasteiger partial charge in [0.25, 0.3) is 0 Å². The van der Waals surface area contributed by atoms with Crippen LogP contribution >= 0.6 is 0 Å². The molecule has 1 aliphatic carbocycles. The van der Waals surface area contributed by atoms with Gasteiger partial charge < -0.3 is 15.4 Å². The first-order chi connectivity index (χ1) is 9.69. The molecule has 0 radical (unpaired) electrons. The van der Waals surface area contributed by atoms with Crippen molar-refractivity contribution < 1.29 is 4.74 Å². The van der Waals surface area contributed by atoms with E-state index in [4.69, 9.17) is 15.5 Å². The summed E-state index contributed by atoms with van der Waals surface area (Å²) in [7, 11) is 0. The first kappa shape index (κ1) is 13.6. The summed E-state index contributed by atoms with van der Waals surface area (Å²) in [5, 5.41) is 0. The molecule has 1 saturated carbocycles. The lowest BCUT2D eigenvalue weighted by Crippen LogP contribution is -2.38. The third kappa shape index (κ3) is 2.73. The standard InChI is InChI=1S/C15H24N4O/c1-3-20-12-6-8-19(9-7-12)15-10(2)13(16)17-14(18-15)11-4-5-11/h11-12H,3-9H2,1-2H3,(H2,16,17,18). The summed E-state index contributed by atoms with van der Waals surface area (Å²) in [6.07, 6.45) is 4.94. The van der Waals surface area contributed by atoms with Crippen molar-refractivity contribution in [2.24, 2.45) is 0 Å². The molecule has 1 saturated heterocycles. The van der Waals surface area contributed by atoms with Crippen molar-refractivity contribution in [3.8, 4) is 0 Å². The van der Waals surface area contributed by atoms with Gasteiger partial charge in [-0.15, -0.1) is 0 Å². The minimum atomic E-state index is 0.402. The predicted octanol–water partition coefficient (Wildman–Crippen LogP) is 2.25. The van der Waals surface area contributed by atoms with Crippen LogP contribution < -0.4 is 10.6 Å². The molecule has 2 N–H and O–H groups in total. The molecular formula is C15H24N4O. The minimum absolute atomic E-state index is 0.402. The molecule has 2 aliphatic rings. The molecule has 0 aromatic carbocycles. The first-order valence-electron chi connectivity index (χ1n) is 7.69. The number of anilines is 2. The van der Waals surface area contributed by atoms with Crippen LogP contribution in [0.15, 0.2) is 0 Å². The SMILES string of the molecule is CCOC1CCN(c2nc(C3CC3)nc(N)c2C)CC1. The fourth-order valence-electron chi connectivity index (χ4n) is 2.84. The van der Waals surface area contributed by atoms with Crippen molar-refractivity contribution in [1.82, 2.24) is 9.97 Å². The second kappa shape index (κ2) is 5.56. The summed E-state index contributed by atoms with van der Waals surface area (Å²) in [5.41, 5.74) is 7.08. The summed E-state index contributed by atoms with van der Waals surface area (Å²) in [5.74, 6) is 3.16. The third-order valence-corrected chi connectivity index (χ3v) is 4.26. The number of rotatable bonds is 4. The monoisotopic (exact) mass is 276 g/mol. The highest BCUT2D eigenvalue weighted by Gasteiger charge is 2.29. The number of nitrogen functional groups attached to an aromatic ring is 1. The van der Waals surface area contributed by atoms with E-state index in [0.29, 0.717) is 17.8 Å². The van der Waals surface area contributed by atoms with Crippen LogP contribution in [0.5, 0.6) is 0 Å². The zero-order chi connectivity index (χ0) is 14.1. The Morgan fingerprint density at radius 2 is 1.90 bits per heavy atom. The molecule has 0 bridgehead atoms. The highest BCUT2D eigenvalue weighted by atomic mass is 16.5. The van der Waals surface area contributed by atoms with Gasteiger partial charge >= 0.3 is 0 Å². The van der Waals surface area contributed by atoms with Crippen molar-refractivity contribution in [2.75, 3.05) is 30.3 Å². The lowest BCUT2D eigenvalue weighted by atomic mass is 10.1. The topological polar surface area (TPSA) is 64.3 Å². The maximum atomic E-state index is 6.07. The van der Waals surface area contributed by atoms with E-state index in [9.17, 15) is 0 Å². The Morgan fingerprint density at radius 1 is 1.20 bits per heavy atom. The van der Waals surface area contributed by atoms with E-state index >= 15 is 0 Å². The zero-order valence-corrected chi connectivity index (χ0v) is 12.4. The normalized spacial score (nSPS) is 20.4. The van der Waals surface area contributed by atoms with Crippen LogP contribution in [0, 0.1) is 6.92 Å². The first-order valence-corrected chi connectivity index (χ1v) is 7.69. The molecule has 5 nitrogen and oxygen atoms in total. The maximum Gasteiger partial charge on any atom is 0.137 e. The molecule has 0 unspecified atom stereocenters. The van der Waals surface area contributed by atoms with E-state index in [2.05, 4.69) is 16.8 Å². The lowest BCUT2D eigenvalue weighted by molar-refractivity contribution is 0.0458. The van der Waals surface area contributed by atoms with Crippen LogP contribution in [-0.2, 0) is 4.74 Å². The number of ether oxygens (including phenoxy) is 1. The fraction of sp³-hybridized carbons (Fsp3) is 0.733. The van der Waals surface area contributed by atoms with Crippen LogP contribution in [0.1, 0.15) is 49.9 Å². The lowest BCUT2D eigenvalue weighted by Gasteiger charge is -2.33. The van der Waals surface area contributed by atoms with E-state index in [1.165, 1.54) is 12.8 Å². The number of hydrogen-bond donors (Lipinski definition) is 1. The van der Waals surface area contributed by atoms with Gasteiger partial charge in [-0.2, -0.15) is 0 Å².